The van der Waals surface area contributed by atoms with Crippen LogP contribution in [0.1, 0.15) is 24.0 Å². The summed E-state index contributed by atoms with van der Waals surface area (Å²) in [4.78, 5) is 26.6. The van der Waals surface area contributed by atoms with Crippen LogP contribution in [0.3, 0.4) is 0 Å². The van der Waals surface area contributed by atoms with E-state index in [2.05, 4.69) is 68.9 Å². The average Bonchev–Trinajstić information content (AvgIpc) is 2.89. The lowest BCUT2D eigenvalue weighted by Gasteiger charge is -2.31. The van der Waals surface area contributed by atoms with Crippen molar-refractivity contribution in [2.75, 3.05) is 45.7 Å². The summed E-state index contributed by atoms with van der Waals surface area (Å²) in [6.45, 7) is 4.90. The Balaban J connectivity index is 1.43. The van der Waals surface area contributed by atoms with E-state index in [-0.39, 0.29) is 11.8 Å². The molecule has 5 aliphatic heterocycles. The van der Waals surface area contributed by atoms with Crippen LogP contribution in [0.5, 0.6) is 5.75 Å². The number of carbonyl (C=O) groups excluding carboxylic acids is 1. The highest BCUT2D eigenvalue weighted by Gasteiger charge is 2.25. The first-order chi connectivity index (χ1) is 17.6. The van der Waals surface area contributed by atoms with Gasteiger partial charge in [-0.15, -0.1) is 0 Å². The molecule has 8 bridgehead atoms. The van der Waals surface area contributed by atoms with E-state index in [0.717, 1.165) is 73.8 Å². The van der Waals surface area contributed by atoms with Crippen molar-refractivity contribution >= 4 is 17.5 Å². The van der Waals surface area contributed by atoms with Crippen molar-refractivity contribution < 1.29 is 9.53 Å². The SMILES string of the molecule is COc1cc2cc(c1)Nc1nccc(n1)-c1ccc(cc1)CN(C)CCNC(=O)C1CCN(CC1)C2. The molecule has 5 aliphatic rings. The lowest BCUT2D eigenvalue weighted by molar-refractivity contribution is -0.126. The predicted molar refractivity (Wildman–Crippen MR) is 141 cm³/mol. The summed E-state index contributed by atoms with van der Waals surface area (Å²) in [6, 6.07) is 16.5. The lowest BCUT2D eigenvalue weighted by atomic mass is 9.95. The van der Waals surface area contributed by atoms with Crippen molar-refractivity contribution in [1.29, 1.82) is 0 Å². The number of aromatic nitrogens is 2. The minimum absolute atomic E-state index is 0.0870. The zero-order chi connectivity index (χ0) is 24.9. The van der Waals surface area contributed by atoms with Crippen molar-refractivity contribution in [1.82, 2.24) is 25.1 Å². The van der Waals surface area contributed by atoms with Crippen LogP contribution in [-0.2, 0) is 17.9 Å². The minimum atomic E-state index is 0.0870. The molecule has 8 rings (SSSR count). The van der Waals surface area contributed by atoms with E-state index < -0.39 is 0 Å². The first-order valence-corrected chi connectivity index (χ1v) is 12.6. The molecular weight excluding hydrogens is 452 g/mol. The van der Waals surface area contributed by atoms with Crippen LogP contribution < -0.4 is 15.4 Å². The molecule has 2 N–H and O–H groups in total. The molecule has 0 spiro atoms. The fraction of sp³-hybridized carbons (Fsp3) is 0.393. The van der Waals surface area contributed by atoms with Gasteiger partial charge in [-0.1, -0.05) is 24.3 Å². The van der Waals surface area contributed by atoms with E-state index in [0.29, 0.717) is 12.5 Å². The molecule has 2 aromatic carbocycles. The van der Waals surface area contributed by atoms with Gasteiger partial charge >= 0.3 is 0 Å². The number of carbonyl (C=O) groups is 1. The van der Waals surface area contributed by atoms with E-state index in [1.165, 1.54) is 5.56 Å². The fourth-order valence-corrected chi connectivity index (χ4v) is 4.95. The number of ether oxygens (including phenoxy) is 1. The van der Waals surface area contributed by atoms with E-state index >= 15 is 0 Å². The standard InChI is InChI=1S/C28H34N6O2/c1-33-14-11-29-27(35)23-8-12-34(13-9-23)19-21-15-24(17-25(16-21)36-2)31-28-30-10-7-26(32-28)22-5-3-20(18-33)4-6-22/h3-7,10,15-17,23H,8-9,11-14,18-19H2,1-2H3,(H,29,35)(H,30,31,32). The second kappa shape index (κ2) is 11.1. The molecule has 8 heteroatoms. The van der Waals surface area contributed by atoms with E-state index in [4.69, 9.17) is 9.72 Å². The Kier molecular flexibility index (Phi) is 7.44. The van der Waals surface area contributed by atoms with Crippen LogP contribution in [0.4, 0.5) is 11.6 Å². The van der Waals surface area contributed by atoms with Crippen molar-refractivity contribution in [2.24, 2.45) is 5.92 Å². The number of rotatable bonds is 1. The highest BCUT2D eigenvalue weighted by molar-refractivity contribution is 5.78. The molecule has 0 unspecified atom stereocenters. The molecule has 0 radical (unpaired) electrons. The smallest absolute Gasteiger partial charge is 0.227 e. The van der Waals surface area contributed by atoms with Gasteiger partial charge in [0.25, 0.3) is 0 Å². The predicted octanol–water partition coefficient (Wildman–Crippen LogP) is 3.67. The summed E-state index contributed by atoms with van der Waals surface area (Å²) in [5, 5.41) is 6.52. The van der Waals surface area contributed by atoms with Crippen LogP contribution in [0.2, 0.25) is 0 Å². The molecule has 8 nitrogen and oxygen atoms in total. The van der Waals surface area contributed by atoms with Gasteiger partial charge in [0.05, 0.1) is 12.8 Å². The van der Waals surface area contributed by atoms with Gasteiger partial charge in [0.2, 0.25) is 11.9 Å². The molecular formula is C28H34N6O2. The molecule has 188 valence electrons. The van der Waals surface area contributed by atoms with Crippen LogP contribution in [0.15, 0.2) is 54.7 Å². The Labute approximate surface area is 212 Å². The number of hydrogen-bond donors (Lipinski definition) is 2. The second-order valence-electron chi connectivity index (χ2n) is 9.74. The molecule has 0 saturated carbocycles. The zero-order valence-electron chi connectivity index (χ0n) is 21.0. The zero-order valence-corrected chi connectivity index (χ0v) is 21.0. The van der Waals surface area contributed by atoms with Gasteiger partial charge in [-0.25, -0.2) is 9.97 Å². The topological polar surface area (TPSA) is 82.6 Å². The van der Waals surface area contributed by atoms with Crippen LogP contribution in [-0.4, -0.2) is 66.0 Å². The summed E-state index contributed by atoms with van der Waals surface area (Å²) in [6.07, 6.45) is 3.54. The number of benzene rings is 2. The monoisotopic (exact) mass is 486 g/mol. The maximum atomic E-state index is 12.7. The molecule has 3 aromatic rings. The number of methoxy groups -OCH3 is 1. The third-order valence-corrected chi connectivity index (χ3v) is 6.97. The molecule has 1 amide bonds. The van der Waals surface area contributed by atoms with Gasteiger partial charge in [0, 0.05) is 55.6 Å². The highest BCUT2D eigenvalue weighted by atomic mass is 16.5. The Bertz CT molecular complexity index is 1190. The van der Waals surface area contributed by atoms with E-state index in [1.54, 1.807) is 13.3 Å². The maximum absolute atomic E-state index is 12.7. The Morgan fingerprint density at radius 3 is 2.56 bits per heavy atom. The van der Waals surface area contributed by atoms with Crippen molar-refractivity contribution in [2.45, 2.75) is 25.9 Å². The summed E-state index contributed by atoms with van der Waals surface area (Å²) < 4.78 is 5.57. The molecule has 36 heavy (non-hydrogen) atoms. The minimum Gasteiger partial charge on any atom is -0.497 e. The van der Waals surface area contributed by atoms with Gasteiger partial charge in [-0.05, 0) is 62.3 Å². The number of anilines is 2. The first-order valence-electron chi connectivity index (χ1n) is 12.6. The molecule has 6 heterocycles. The van der Waals surface area contributed by atoms with Crippen LogP contribution >= 0.6 is 0 Å². The number of nitrogens with one attached hydrogen (secondary N) is 2. The van der Waals surface area contributed by atoms with Gasteiger partial charge in [-0.2, -0.15) is 0 Å². The molecule has 1 saturated heterocycles. The second-order valence-corrected chi connectivity index (χ2v) is 9.74. The quantitative estimate of drug-likeness (QED) is 0.543. The van der Waals surface area contributed by atoms with E-state index in [9.17, 15) is 4.79 Å². The highest BCUT2D eigenvalue weighted by Crippen LogP contribution is 2.27. The largest absolute Gasteiger partial charge is 0.497 e. The number of piperidine rings is 1. The van der Waals surface area contributed by atoms with Gasteiger partial charge < -0.3 is 20.3 Å². The number of nitrogens with zero attached hydrogens (tertiary/aromatic N) is 4. The summed E-state index contributed by atoms with van der Waals surface area (Å²) in [5.74, 6) is 1.60. The summed E-state index contributed by atoms with van der Waals surface area (Å²) >= 11 is 0. The van der Waals surface area contributed by atoms with Gasteiger partial charge in [0.15, 0.2) is 0 Å². The van der Waals surface area contributed by atoms with Gasteiger partial charge in [0.1, 0.15) is 5.75 Å². The van der Waals surface area contributed by atoms with Crippen LogP contribution in [0, 0.1) is 5.92 Å². The Hall–Kier alpha value is -3.49. The third kappa shape index (κ3) is 6.01. The molecule has 1 fully saturated rings. The summed E-state index contributed by atoms with van der Waals surface area (Å²) in [7, 11) is 3.77. The molecule has 0 atom stereocenters. The number of amides is 1. The first kappa shape index (κ1) is 24.2. The number of likely N-dealkylation sites (N-methyl/N-ethyl adjacent to an activating group) is 1. The Morgan fingerprint density at radius 1 is 0.972 bits per heavy atom. The third-order valence-electron chi connectivity index (χ3n) is 6.97. The fourth-order valence-electron chi connectivity index (χ4n) is 4.95. The lowest BCUT2D eigenvalue weighted by Crippen LogP contribution is -2.42. The van der Waals surface area contributed by atoms with Gasteiger partial charge in [-0.3, -0.25) is 9.69 Å². The van der Waals surface area contributed by atoms with Crippen molar-refractivity contribution in [3.05, 3.63) is 65.9 Å². The summed E-state index contributed by atoms with van der Waals surface area (Å²) in [5.41, 5.74) is 5.16. The van der Waals surface area contributed by atoms with Crippen molar-refractivity contribution in [3.8, 4) is 17.0 Å². The maximum Gasteiger partial charge on any atom is 0.227 e. The average molecular weight is 487 g/mol. The Morgan fingerprint density at radius 2 is 1.78 bits per heavy atom. The molecule has 1 aromatic heterocycles. The van der Waals surface area contributed by atoms with Crippen LogP contribution in [0.25, 0.3) is 11.3 Å². The number of hydrogen-bond acceptors (Lipinski definition) is 7. The molecule has 0 aliphatic carbocycles. The van der Waals surface area contributed by atoms with E-state index in [1.807, 2.05) is 12.1 Å². The normalized spacial score (nSPS) is 21.1. The van der Waals surface area contributed by atoms with Crippen molar-refractivity contribution in [3.63, 3.8) is 0 Å².